The highest BCUT2D eigenvalue weighted by Crippen LogP contribution is 2.15. The molecule has 24 heavy (non-hydrogen) atoms. The smallest absolute Gasteiger partial charge is 0.230 e. The molecule has 3 rings (SSSR count). The topological polar surface area (TPSA) is 42.8 Å². The normalized spacial score (nSPS) is 16.3. The molecule has 0 bridgehead atoms. The van der Waals surface area contributed by atoms with Gasteiger partial charge in [0.25, 0.3) is 0 Å². The second kappa shape index (κ2) is 7.97. The maximum Gasteiger partial charge on any atom is 0.230 e. The summed E-state index contributed by atoms with van der Waals surface area (Å²) in [5.74, 6) is 0.900. The third-order valence-corrected chi connectivity index (χ3v) is 4.46. The van der Waals surface area contributed by atoms with E-state index < -0.39 is 0 Å². The van der Waals surface area contributed by atoms with Gasteiger partial charge in [0.15, 0.2) is 0 Å². The van der Waals surface area contributed by atoms with Crippen LogP contribution < -0.4 is 15.0 Å². The van der Waals surface area contributed by atoms with Crippen LogP contribution in [-0.2, 0) is 17.8 Å². The molecule has 2 aromatic carbocycles. The predicted octanol–water partition coefficient (Wildman–Crippen LogP) is 2.06. The van der Waals surface area contributed by atoms with Gasteiger partial charge >= 0.3 is 0 Å². The van der Waals surface area contributed by atoms with Gasteiger partial charge in [0.1, 0.15) is 12.3 Å². The molecule has 4 nitrogen and oxygen atoms in total. The average molecular weight is 325 g/mol. The summed E-state index contributed by atoms with van der Waals surface area (Å²) in [5.41, 5.74) is 3.70. The van der Waals surface area contributed by atoms with Crippen molar-refractivity contribution in [3.05, 3.63) is 59.7 Å². The molecule has 0 aromatic heterocycles. The Morgan fingerprint density at radius 1 is 1.12 bits per heavy atom. The number of fused-ring (bicyclic) bond motifs is 1. The van der Waals surface area contributed by atoms with E-state index >= 15 is 0 Å². The van der Waals surface area contributed by atoms with Gasteiger partial charge in [-0.15, -0.1) is 0 Å². The number of rotatable bonds is 6. The standard InChI is InChI=1S/C20H24N2O2/c1-2-24-19-9-7-18(8-10-19)21-20(23)12-14-22-13-11-16-5-3-4-6-17(16)15-22/h3-10H,2,11-15H2,1H3,(H,21,23)/p+1. The summed E-state index contributed by atoms with van der Waals surface area (Å²) in [6.07, 6.45) is 1.65. The fourth-order valence-corrected chi connectivity index (χ4v) is 3.17. The van der Waals surface area contributed by atoms with Crippen LogP contribution in [0, 0.1) is 0 Å². The number of benzene rings is 2. The van der Waals surface area contributed by atoms with Crippen molar-refractivity contribution in [2.45, 2.75) is 26.3 Å². The van der Waals surface area contributed by atoms with E-state index in [1.54, 1.807) is 0 Å². The summed E-state index contributed by atoms with van der Waals surface area (Å²) in [7, 11) is 0. The van der Waals surface area contributed by atoms with Crippen LogP contribution in [0.1, 0.15) is 24.5 Å². The van der Waals surface area contributed by atoms with Crippen molar-refractivity contribution < 1.29 is 14.4 Å². The lowest BCUT2D eigenvalue weighted by molar-refractivity contribution is -0.915. The zero-order chi connectivity index (χ0) is 16.8. The third-order valence-electron chi connectivity index (χ3n) is 4.46. The number of anilines is 1. The highest BCUT2D eigenvalue weighted by Gasteiger charge is 2.19. The number of hydrogen-bond acceptors (Lipinski definition) is 2. The van der Waals surface area contributed by atoms with Crippen LogP contribution in [0.3, 0.4) is 0 Å². The van der Waals surface area contributed by atoms with Gasteiger partial charge in [0.05, 0.1) is 26.1 Å². The van der Waals surface area contributed by atoms with Gasteiger partial charge in [-0.25, -0.2) is 0 Å². The fraction of sp³-hybridized carbons (Fsp3) is 0.350. The Hall–Kier alpha value is -2.33. The largest absolute Gasteiger partial charge is 0.494 e. The molecule has 1 unspecified atom stereocenters. The van der Waals surface area contributed by atoms with Gasteiger partial charge in [-0.1, -0.05) is 24.3 Å². The molecule has 1 aliphatic heterocycles. The van der Waals surface area contributed by atoms with Crippen LogP contribution in [0.4, 0.5) is 5.69 Å². The first-order chi connectivity index (χ1) is 11.7. The van der Waals surface area contributed by atoms with Crippen molar-refractivity contribution in [3.63, 3.8) is 0 Å². The molecular formula is C20H25N2O2+. The summed E-state index contributed by atoms with van der Waals surface area (Å²) in [6, 6.07) is 16.1. The molecule has 2 N–H and O–H groups in total. The zero-order valence-corrected chi connectivity index (χ0v) is 14.2. The van der Waals surface area contributed by atoms with Gasteiger partial charge in [-0.05, 0) is 36.8 Å². The predicted molar refractivity (Wildman–Crippen MR) is 95.4 cm³/mol. The van der Waals surface area contributed by atoms with E-state index in [0.29, 0.717) is 13.0 Å². The van der Waals surface area contributed by atoms with E-state index in [-0.39, 0.29) is 5.91 Å². The molecule has 1 atom stereocenters. The minimum Gasteiger partial charge on any atom is -0.494 e. The summed E-state index contributed by atoms with van der Waals surface area (Å²) in [6.45, 7) is 5.60. The number of carbonyl (C=O) groups excluding carboxylic acids is 1. The van der Waals surface area contributed by atoms with Crippen LogP contribution in [-0.4, -0.2) is 25.6 Å². The van der Waals surface area contributed by atoms with Crippen molar-refractivity contribution in [3.8, 4) is 5.75 Å². The maximum atomic E-state index is 12.2. The van der Waals surface area contributed by atoms with Crippen molar-refractivity contribution in [2.75, 3.05) is 25.0 Å². The third kappa shape index (κ3) is 4.36. The van der Waals surface area contributed by atoms with Crippen molar-refractivity contribution in [1.29, 1.82) is 0 Å². The number of carbonyl (C=O) groups is 1. The number of quaternary nitrogens is 1. The van der Waals surface area contributed by atoms with E-state index in [4.69, 9.17) is 4.74 Å². The van der Waals surface area contributed by atoms with Crippen LogP contribution in [0.5, 0.6) is 5.75 Å². The number of amides is 1. The first kappa shape index (κ1) is 16.5. The molecule has 1 aliphatic rings. The van der Waals surface area contributed by atoms with E-state index in [0.717, 1.165) is 37.5 Å². The van der Waals surface area contributed by atoms with Crippen molar-refractivity contribution in [1.82, 2.24) is 0 Å². The monoisotopic (exact) mass is 325 g/mol. The molecule has 0 fully saturated rings. The van der Waals surface area contributed by atoms with Crippen LogP contribution in [0.25, 0.3) is 0 Å². The van der Waals surface area contributed by atoms with Gasteiger partial charge in [-0.3, -0.25) is 4.79 Å². The molecule has 0 spiro atoms. The fourth-order valence-electron chi connectivity index (χ4n) is 3.17. The molecule has 2 aromatic rings. The van der Waals surface area contributed by atoms with Crippen molar-refractivity contribution >= 4 is 11.6 Å². The van der Waals surface area contributed by atoms with Gasteiger partial charge < -0.3 is 15.0 Å². The van der Waals surface area contributed by atoms with E-state index in [1.807, 2.05) is 31.2 Å². The second-order valence-corrected chi connectivity index (χ2v) is 6.20. The maximum absolute atomic E-state index is 12.2. The average Bonchev–Trinajstić information content (AvgIpc) is 2.62. The Kier molecular flexibility index (Phi) is 5.49. The highest BCUT2D eigenvalue weighted by molar-refractivity contribution is 5.90. The summed E-state index contributed by atoms with van der Waals surface area (Å²) in [5, 5.41) is 2.96. The molecule has 4 heteroatoms. The first-order valence-corrected chi connectivity index (χ1v) is 8.67. The Morgan fingerprint density at radius 2 is 1.88 bits per heavy atom. The molecule has 1 amide bonds. The summed E-state index contributed by atoms with van der Waals surface area (Å²) >= 11 is 0. The number of ether oxygens (including phenoxy) is 1. The van der Waals surface area contributed by atoms with Crippen molar-refractivity contribution in [2.24, 2.45) is 0 Å². The SMILES string of the molecule is CCOc1ccc(NC(=O)CC[NH+]2CCc3ccccc3C2)cc1. The molecular weight excluding hydrogens is 300 g/mol. The Bertz CT molecular complexity index is 682. The molecule has 0 saturated carbocycles. The molecule has 0 aliphatic carbocycles. The van der Waals surface area contributed by atoms with Gasteiger partial charge in [0.2, 0.25) is 5.91 Å². The Balaban J connectivity index is 1.46. The minimum absolute atomic E-state index is 0.0746. The van der Waals surface area contributed by atoms with E-state index in [9.17, 15) is 4.79 Å². The van der Waals surface area contributed by atoms with Crippen LogP contribution in [0.2, 0.25) is 0 Å². The summed E-state index contributed by atoms with van der Waals surface area (Å²) < 4.78 is 5.41. The van der Waals surface area contributed by atoms with Crippen LogP contribution >= 0.6 is 0 Å². The zero-order valence-electron chi connectivity index (χ0n) is 14.2. The number of hydrogen-bond donors (Lipinski definition) is 2. The minimum atomic E-state index is 0.0746. The first-order valence-electron chi connectivity index (χ1n) is 8.67. The Labute approximate surface area is 143 Å². The lowest BCUT2D eigenvalue weighted by atomic mass is 10.00. The highest BCUT2D eigenvalue weighted by atomic mass is 16.5. The number of nitrogens with one attached hydrogen (secondary N) is 2. The molecule has 1 heterocycles. The molecule has 0 radical (unpaired) electrons. The molecule has 0 saturated heterocycles. The Morgan fingerprint density at radius 3 is 2.62 bits per heavy atom. The summed E-state index contributed by atoms with van der Waals surface area (Å²) in [4.78, 5) is 13.6. The second-order valence-electron chi connectivity index (χ2n) is 6.20. The lowest BCUT2D eigenvalue weighted by Crippen LogP contribution is -3.11. The van der Waals surface area contributed by atoms with Crippen LogP contribution in [0.15, 0.2) is 48.5 Å². The lowest BCUT2D eigenvalue weighted by Gasteiger charge is -2.25. The van der Waals surface area contributed by atoms with Gasteiger partial charge in [0, 0.05) is 17.7 Å². The van der Waals surface area contributed by atoms with Gasteiger partial charge in [-0.2, -0.15) is 0 Å². The molecule has 126 valence electrons. The van der Waals surface area contributed by atoms with E-state index in [1.165, 1.54) is 16.0 Å². The van der Waals surface area contributed by atoms with E-state index in [2.05, 4.69) is 29.6 Å². The quantitative estimate of drug-likeness (QED) is 0.854.